The lowest BCUT2D eigenvalue weighted by Crippen LogP contribution is -2.41. The predicted octanol–water partition coefficient (Wildman–Crippen LogP) is 4.05. The van der Waals surface area contributed by atoms with Gasteiger partial charge in [0.15, 0.2) is 5.82 Å². The van der Waals surface area contributed by atoms with E-state index >= 15 is 0 Å². The fourth-order valence-corrected chi connectivity index (χ4v) is 9.35. The molecule has 1 N–H and O–H groups in total. The third kappa shape index (κ3) is 5.90. The van der Waals surface area contributed by atoms with E-state index in [1.54, 1.807) is 37.0 Å². The van der Waals surface area contributed by atoms with Crippen molar-refractivity contribution in [2.24, 2.45) is 13.0 Å². The molecule has 1 amide bonds. The maximum Gasteiger partial charge on any atom is 0.268 e. The number of hydrogen-bond donors (Lipinski definition) is 1. The predicted molar refractivity (Wildman–Crippen MR) is 167 cm³/mol. The molecular formula is C29H43N7O4S2. The van der Waals surface area contributed by atoms with Gasteiger partial charge in [-0.2, -0.15) is 5.10 Å². The van der Waals surface area contributed by atoms with Crippen LogP contribution in [0.25, 0.3) is 5.82 Å². The minimum atomic E-state index is -4.14. The van der Waals surface area contributed by atoms with Gasteiger partial charge in [-0.3, -0.25) is 9.48 Å². The van der Waals surface area contributed by atoms with E-state index in [2.05, 4.69) is 59.4 Å². The molecule has 1 aliphatic carbocycles. The summed E-state index contributed by atoms with van der Waals surface area (Å²) in [7, 11) is -3.15. The molecule has 0 radical (unpaired) electrons. The summed E-state index contributed by atoms with van der Waals surface area (Å²) < 4.78 is 37.9. The number of nitrogens with zero attached hydrogens (tertiary/aromatic N) is 6. The zero-order valence-electron chi connectivity index (χ0n) is 25.8. The standard InChI is InChI=1S/C29H43N7O4S2/c1-20-17-28(3,4)35(18-20)26-22(27(37)33-42(38,39)23-19-34(5)31-21(23)2)9-10-24(30-26)36-15-11-25(32-36)40-16-14-29(12-13-29)41(6,7)8/h9-11,15,19-20H,12-14,16-18H2,1-8H3,(H,33,37)/t20-/m0/s1. The minimum absolute atomic E-state index is 0.0415. The molecule has 1 saturated heterocycles. The number of rotatable bonds is 10. The molecule has 13 heteroatoms. The first-order valence-corrected chi connectivity index (χ1v) is 18.6. The number of amides is 1. The second-order valence-electron chi connectivity index (χ2n) is 13.2. The number of aromatic nitrogens is 5. The molecule has 3 aromatic rings. The zero-order valence-corrected chi connectivity index (χ0v) is 27.5. The quantitative estimate of drug-likeness (QED) is 0.362. The number of hydrogen-bond acceptors (Lipinski definition) is 8. The highest BCUT2D eigenvalue weighted by Crippen LogP contribution is 2.66. The van der Waals surface area contributed by atoms with Crippen molar-refractivity contribution >= 4 is 31.8 Å². The van der Waals surface area contributed by atoms with Gasteiger partial charge < -0.3 is 9.64 Å². The average molecular weight is 618 g/mol. The van der Waals surface area contributed by atoms with E-state index in [9.17, 15) is 13.2 Å². The molecule has 0 aromatic carbocycles. The summed E-state index contributed by atoms with van der Waals surface area (Å²) in [5.74, 6) is 1.07. The number of ether oxygens (including phenoxy) is 1. The van der Waals surface area contributed by atoms with Crippen molar-refractivity contribution in [2.45, 2.75) is 68.6 Å². The Morgan fingerprint density at radius 1 is 1.14 bits per heavy atom. The Balaban J connectivity index is 1.41. The Morgan fingerprint density at radius 2 is 1.86 bits per heavy atom. The first-order valence-electron chi connectivity index (χ1n) is 14.2. The molecule has 2 aliphatic rings. The van der Waals surface area contributed by atoms with Crippen LogP contribution in [0.15, 0.2) is 35.5 Å². The van der Waals surface area contributed by atoms with Crippen LogP contribution < -0.4 is 14.4 Å². The number of carbonyl (C=O) groups excluding carboxylic acids is 1. The van der Waals surface area contributed by atoms with Gasteiger partial charge in [-0.1, -0.05) is 6.92 Å². The first kappa shape index (κ1) is 30.4. The molecule has 42 heavy (non-hydrogen) atoms. The fraction of sp³-hybridized carbons (Fsp3) is 0.586. The number of aryl methyl sites for hydroxylation is 2. The highest BCUT2D eigenvalue weighted by Gasteiger charge is 2.49. The van der Waals surface area contributed by atoms with Crippen molar-refractivity contribution in [3.63, 3.8) is 0 Å². The van der Waals surface area contributed by atoms with Gasteiger partial charge in [-0.05, 0) is 83.3 Å². The topological polar surface area (TPSA) is 124 Å². The number of carbonyl (C=O) groups is 1. The van der Waals surface area contributed by atoms with Gasteiger partial charge in [0.25, 0.3) is 15.9 Å². The van der Waals surface area contributed by atoms with E-state index in [1.165, 1.54) is 23.7 Å². The van der Waals surface area contributed by atoms with Crippen molar-refractivity contribution in [2.75, 3.05) is 36.8 Å². The molecule has 4 heterocycles. The van der Waals surface area contributed by atoms with Crippen LogP contribution in [0.2, 0.25) is 0 Å². The third-order valence-corrected chi connectivity index (χ3v) is 13.3. The summed E-state index contributed by atoms with van der Waals surface area (Å²) in [6, 6.07) is 5.10. The largest absolute Gasteiger partial charge is 0.477 e. The summed E-state index contributed by atoms with van der Waals surface area (Å²) in [4.78, 5) is 20.4. The molecule has 1 saturated carbocycles. The van der Waals surface area contributed by atoms with E-state index in [-0.39, 0.29) is 16.0 Å². The number of anilines is 1. The van der Waals surface area contributed by atoms with Crippen molar-refractivity contribution in [1.29, 1.82) is 0 Å². The maximum atomic E-state index is 13.5. The van der Waals surface area contributed by atoms with E-state index in [4.69, 9.17) is 9.72 Å². The molecule has 0 spiro atoms. The van der Waals surface area contributed by atoms with Gasteiger partial charge in [0, 0.05) is 42.3 Å². The molecule has 230 valence electrons. The van der Waals surface area contributed by atoms with Gasteiger partial charge in [0.1, 0.15) is 10.7 Å². The molecule has 0 unspecified atom stereocenters. The average Bonchev–Trinajstić information content (AvgIpc) is 3.25. The zero-order chi connectivity index (χ0) is 30.7. The van der Waals surface area contributed by atoms with Crippen molar-refractivity contribution in [3.05, 3.63) is 41.9 Å². The number of sulfonamides is 1. The second-order valence-corrected chi connectivity index (χ2v) is 19.4. The molecule has 1 atom stereocenters. The van der Waals surface area contributed by atoms with E-state index in [0.29, 0.717) is 47.0 Å². The highest BCUT2D eigenvalue weighted by atomic mass is 32.3. The smallest absolute Gasteiger partial charge is 0.268 e. The summed E-state index contributed by atoms with van der Waals surface area (Å²) in [6.07, 6.45) is 14.8. The van der Waals surface area contributed by atoms with Gasteiger partial charge in [0.2, 0.25) is 5.88 Å². The molecule has 3 aromatic heterocycles. The van der Waals surface area contributed by atoms with Crippen molar-refractivity contribution in [1.82, 2.24) is 29.3 Å². The van der Waals surface area contributed by atoms with Crippen molar-refractivity contribution in [3.8, 4) is 11.7 Å². The Kier molecular flexibility index (Phi) is 7.66. The Morgan fingerprint density at radius 3 is 2.43 bits per heavy atom. The lowest BCUT2D eigenvalue weighted by atomic mass is 9.97. The van der Waals surface area contributed by atoms with Crippen LogP contribution in [0.3, 0.4) is 0 Å². The summed E-state index contributed by atoms with van der Waals surface area (Å²) in [6.45, 7) is 9.26. The first-order chi connectivity index (χ1) is 19.5. The monoisotopic (exact) mass is 617 g/mol. The van der Waals surface area contributed by atoms with Crippen LogP contribution in [0.4, 0.5) is 5.82 Å². The maximum absolute atomic E-state index is 13.5. The van der Waals surface area contributed by atoms with Crippen molar-refractivity contribution < 1.29 is 17.9 Å². The third-order valence-electron chi connectivity index (χ3n) is 8.63. The molecule has 11 nitrogen and oxygen atoms in total. The lowest BCUT2D eigenvalue weighted by molar-refractivity contribution is 0.0981. The normalized spacial score (nSPS) is 20.0. The van der Waals surface area contributed by atoms with E-state index in [0.717, 1.165) is 12.8 Å². The van der Waals surface area contributed by atoms with E-state index in [1.807, 2.05) is 6.07 Å². The Labute approximate surface area is 250 Å². The Hall–Kier alpha value is -3.06. The van der Waals surface area contributed by atoms with Gasteiger partial charge >= 0.3 is 0 Å². The summed E-state index contributed by atoms with van der Waals surface area (Å²) in [5.41, 5.74) is 0.198. The Bertz CT molecular complexity index is 1600. The minimum Gasteiger partial charge on any atom is -0.477 e. The summed E-state index contributed by atoms with van der Waals surface area (Å²) in [5, 5.41) is 8.71. The van der Waals surface area contributed by atoms with Crippen LogP contribution in [0.5, 0.6) is 5.88 Å². The molecule has 2 fully saturated rings. The van der Waals surface area contributed by atoms with E-state index < -0.39 is 26.0 Å². The van der Waals surface area contributed by atoms with Crippen LogP contribution in [-0.2, 0) is 17.1 Å². The van der Waals surface area contributed by atoms with Crippen LogP contribution >= 0.6 is 10.0 Å². The van der Waals surface area contributed by atoms with Crippen LogP contribution in [0.1, 0.15) is 62.5 Å². The summed E-state index contributed by atoms with van der Waals surface area (Å²) >= 11 is 0. The molecular weight excluding hydrogens is 574 g/mol. The number of nitrogens with one attached hydrogen (secondary N) is 1. The molecule has 0 bridgehead atoms. The lowest BCUT2D eigenvalue weighted by Gasteiger charge is -2.36. The SMILES string of the molecule is Cc1nn(C)cc1S(=O)(=O)NC(=O)c1ccc(-n2ccc(OCCC3(S(C)(C)C)CC3)n2)nc1N1C[C@@H](C)CC1(C)C. The van der Waals surface area contributed by atoms with Gasteiger partial charge in [-0.15, -0.1) is 5.10 Å². The van der Waals surface area contributed by atoms with Crippen LogP contribution in [0, 0.1) is 12.8 Å². The van der Waals surface area contributed by atoms with Crippen LogP contribution in [-0.4, -0.2) is 81.1 Å². The second kappa shape index (κ2) is 10.6. The molecule has 5 rings (SSSR count). The fourth-order valence-electron chi connectivity index (χ4n) is 6.14. The highest BCUT2D eigenvalue weighted by molar-refractivity contribution is 8.33. The van der Waals surface area contributed by atoms with Gasteiger partial charge in [0.05, 0.1) is 17.9 Å². The number of pyridine rings is 1. The molecule has 1 aliphatic heterocycles. The van der Waals surface area contributed by atoms with Gasteiger partial charge in [-0.25, -0.2) is 32.8 Å².